The van der Waals surface area contributed by atoms with Crippen molar-refractivity contribution in [1.29, 1.82) is 0 Å². The number of aromatic nitrogens is 1. The molecule has 0 saturated heterocycles. The monoisotopic (exact) mass is 260 g/mol. The van der Waals surface area contributed by atoms with Gasteiger partial charge in [-0.05, 0) is 19.1 Å². The molecule has 0 saturated carbocycles. The van der Waals surface area contributed by atoms with Crippen LogP contribution in [0.4, 0.5) is 5.82 Å². The fourth-order valence-electron chi connectivity index (χ4n) is 0.991. The third kappa shape index (κ3) is 3.06. The van der Waals surface area contributed by atoms with Gasteiger partial charge >= 0.3 is 5.97 Å². The van der Waals surface area contributed by atoms with Crippen molar-refractivity contribution in [1.82, 2.24) is 4.98 Å². The molecule has 0 amide bonds. The molecule has 0 radical (unpaired) electrons. The van der Waals surface area contributed by atoms with E-state index in [1.165, 1.54) is 25.3 Å². The summed E-state index contributed by atoms with van der Waals surface area (Å²) in [5.41, 5.74) is 0. The number of hydrogen-bond donors (Lipinski definition) is 2. The number of esters is 1. The maximum atomic E-state index is 11.7. The molecule has 8 heteroatoms. The molecular formula is C9H12N2O5S. The number of rotatable bonds is 4. The molecule has 0 aromatic carbocycles. The maximum absolute atomic E-state index is 11.7. The van der Waals surface area contributed by atoms with Crippen molar-refractivity contribution in [2.24, 2.45) is 0 Å². The second-order valence-electron chi connectivity index (χ2n) is 3.18. The number of anilines is 1. The minimum atomic E-state index is -3.99. The molecule has 0 spiro atoms. The van der Waals surface area contributed by atoms with Crippen molar-refractivity contribution in [3.05, 3.63) is 18.3 Å². The number of nitrogens with zero attached hydrogens (tertiary/aromatic N) is 1. The number of carbonyl (C=O) groups excluding carboxylic acids is 1. The largest absolute Gasteiger partial charge is 0.504 e. The Morgan fingerprint density at radius 1 is 1.59 bits per heavy atom. The predicted molar refractivity (Wildman–Crippen MR) is 59.9 cm³/mol. The van der Waals surface area contributed by atoms with E-state index in [9.17, 15) is 18.3 Å². The van der Waals surface area contributed by atoms with Gasteiger partial charge in [0, 0.05) is 6.20 Å². The second kappa shape index (κ2) is 5.00. The minimum absolute atomic E-state index is 0.233. The van der Waals surface area contributed by atoms with Gasteiger partial charge in [-0.1, -0.05) is 0 Å². The first-order valence-corrected chi connectivity index (χ1v) is 6.16. The third-order valence-electron chi connectivity index (χ3n) is 2.02. The molecule has 94 valence electrons. The summed E-state index contributed by atoms with van der Waals surface area (Å²) in [7, 11) is -2.90. The Kier molecular flexibility index (Phi) is 3.89. The van der Waals surface area contributed by atoms with Crippen LogP contribution in [-0.4, -0.2) is 36.8 Å². The highest BCUT2D eigenvalue weighted by Crippen LogP contribution is 2.20. The zero-order valence-electron chi connectivity index (χ0n) is 9.25. The molecule has 0 fully saturated rings. The van der Waals surface area contributed by atoms with E-state index in [4.69, 9.17) is 0 Å². The van der Waals surface area contributed by atoms with Gasteiger partial charge in [0.25, 0.3) is 0 Å². The number of methoxy groups -OCH3 is 1. The van der Waals surface area contributed by atoms with Gasteiger partial charge in [0.2, 0.25) is 10.0 Å². The standard InChI is InChI=1S/C9H12N2O5S/c1-6(9(13)16-2)17(14,15)11-8-7(12)4-3-5-10-8/h3-6,12H,1-2H3,(H,10,11). The van der Waals surface area contributed by atoms with E-state index in [0.29, 0.717) is 0 Å². The van der Waals surface area contributed by atoms with Gasteiger partial charge in [0.1, 0.15) is 0 Å². The average molecular weight is 260 g/mol. The summed E-state index contributed by atoms with van der Waals surface area (Å²) in [6.07, 6.45) is 1.31. The molecule has 1 aromatic heterocycles. The van der Waals surface area contributed by atoms with Gasteiger partial charge in [-0.2, -0.15) is 0 Å². The first kappa shape index (κ1) is 13.2. The molecule has 2 N–H and O–H groups in total. The summed E-state index contributed by atoms with van der Waals surface area (Å²) in [5.74, 6) is -1.45. The molecule has 0 bridgehead atoms. The number of pyridine rings is 1. The first-order valence-electron chi connectivity index (χ1n) is 4.62. The van der Waals surface area contributed by atoms with Crippen molar-refractivity contribution < 1.29 is 23.1 Å². The van der Waals surface area contributed by atoms with E-state index in [2.05, 4.69) is 9.72 Å². The fraction of sp³-hybridized carbons (Fsp3) is 0.333. The topological polar surface area (TPSA) is 106 Å². The highest BCUT2D eigenvalue weighted by atomic mass is 32.2. The number of nitrogens with one attached hydrogen (secondary N) is 1. The molecule has 1 heterocycles. The van der Waals surface area contributed by atoms with Crippen LogP contribution in [0.1, 0.15) is 6.92 Å². The Bertz CT molecular complexity index is 514. The Morgan fingerprint density at radius 2 is 2.24 bits per heavy atom. The van der Waals surface area contributed by atoms with Crippen LogP contribution in [0.2, 0.25) is 0 Å². The van der Waals surface area contributed by atoms with Crippen LogP contribution in [0.5, 0.6) is 5.75 Å². The fourth-order valence-corrected chi connectivity index (χ4v) is 1.94. The molecule has 0 aliphatic rings. The van der Waals surface area contributed by atoms with Crippen LogP contribution in [-0.2, 0) is 19.6 Å². The lowest BCUT2D eigenvalue weighted by molar-refractivity contribution is -0.139. The Labute approximate surface area is 98.5 Å². The van der Waals surface area contributed by atoms with E-state index >= 15 is 0 Å². The summed E-state index contributed by atoms with van der Waals surface area (Å²) in [6.45, 7) is 1.17. The molecule has 1 unspecified atom stereocenters. The number of aromatic hydroxyl groups is 1. The predicted octanol–water partition coefficient (Wildman–Crippen LogP) is 0.0904. The van der Waals surface area contributed by atoms with Gasteiger partial charge in [-0.15, -0.1) is 0 Å². The van der Waals surface area contributed by atoms with Crippen LogP contribution < -0.4 is 4.72 Å². The highest BCUT2D eigenvalue weighted by molar-refractivity contribution is 7.94. The van der Waals surface area contributed by atoms with Crippen molar-refractivity contribution in [3.8, 4) is 5.75 Å². The van der Waals surface area contributed by atoms with E-state index in [1.807, 2.05) is 4.72 Å². The smallest absolute Gasteiger partial charge is 0.325 e. The summed E-state index contributed by atoms with van der Waals surface area (Å²) in [4.78, 5) is 14.7. The lowest BCUT2D eigenvalue weighted by Crippen LogP contribution is -2.33. The lowest BCUT2D eigenvalue weighted by Gasteiger charge is -2.12. The lowest BCUT2D eigenvalue weighted by atomic mass is 10.4. The van der Waals surface area contributed by atoms with Crippen LogP contribution in [0.15, 0.2) is 18.3 Å². The van der Waals surface area contributed by atoms with Gasteiger partial charge in [0.05, 0.1) is 7.11 Å². The SMILES string of the molecule is COC(=O)C(C)S(=O)(=O)Nc1ncccc1O. The summed E-state index contributed by atoms with van der Waals surface area (Å²) >= 11 is 0. The van der Waals surface area contributed by atoms with Crippen molar-refractivity contribution in [2.75, 3.05) is 11.8 Å². The molecule has 0 aliphatic carbocycles. The quantitative estimate of drug-likeness (QED) is 0.743. The number of hydrogen-bond acceptors (Lipinski definition) is 6. The van der Waals surface area contributed by atoms with Crippen molar-refractivity contribution in [3.63, 3.8) is 0 Å². The van der Waals surface area contributed by atoms with E-state index in [1.54, 1.807) is 0 Å². The minimum Gasteiger partial charge on any atom is -0.504 e. The normalized spacial score (nSPS) is 12.8. The van der Waals surface area contributed by atoms with Crippen molar-refractivity contribution in [2.45, 2.75) is 12.2 Å². The summed E-state index contributed by atoms with van der Waals surface area (Å²) in [6, 6.07) is 2.71. The van der Waals surface area contributed by atoms with Gasteiger partial charge in [-0.3, -0.25) is 9.52 Å². The van der Waals surface area contributed by atoms with Crippen LogP contribution in [0.25, 0.3) is 0 Å². The van der Waals surface area contributed by atoms with Crippen LogP contribution in [0.3, 0.4) is 0 Å². The number of ether oxygens (including phenoxy) is 1. The Balaban J connectivity index is 2.95. The summed E-state index contributed by atoms with van der Waals surface area (Å²) < 4.78 is 29.7. The average Bonchev–Trinajstić information content (AvgIpc) is 2.30. The maximum Gasteiger partial charge on any atom is 0.325 e. The molecule has 1 rings (SSSR count). The van der Waals surface area contributed by atoms with Crippen molar-refractivity contribution >= 4 is 21.8 Å². The third-order valence-corrected chi connectivity index (χ3v) is 3.63. The van der Waals surface area contributed by atoms with Crippen LogP contribution in [0, 0.1) is 0 Å². The zero-order chi connectivity index (χ0) is 13.1. The van der Waals surface area contributed by atoms with E-state index < -0.39 is 21.2 Å². The van der Waals surface area contributed by atoms with Crippen LogP contribution >= 0.6 is 0 Å². The summed E-state index contributed by atoms with van der Waals surface area (Å²) in [5, 5.41) is 7.95. The highest BCUT2D eigenvalue weighted by Gasteiger charge is 2.29. The molecule has 1 atom stereocenters. The molecule has 7 nitrogen and oxygen atoms in total. The molecular weight excluding hydrogens is 248 g/mol. The molecule has 0 aliphatic heterocycles. The zero-order valence-corrected chi connectivity index (χ0v) is 10.1. The molecule has 17 heavy (non-hydrogen) atoms. The van der Waals surface area contributed by atoms with Gasteiger partial charge < -0.3 is 9.84 Å². The van der Waals surface area contributed by atoms with E-state index in [-0.39, 0.29) is 11.6 Å². The van der Waals surface area contributed by atoms with Gasteiger partial charge in [0.15, 0.2) is 16.8 Å². The second-order valence-corrected chi connectivity index (χ2v) is 5.18. The first-order chi connectivity index (χ1) is 7.88. The molecule has 1 aromatic rings. The number of sulfonamides is 1. The number of carbonyl (C=O) groups is 1. The van der Waals surface area contributed by atoms with E-state index in [0.717, 1.165) is 7.11 Å². The Hall–Kier alpha value is -1.83. The van der Waals surface area contributed by atoms with Gasteiger partial charge in [-0.25, -0.2) is 13.4 Å². The Morgan fingerprint density at radius 3 is 2.76 bits per heavy atom.